The minimum Gasteiger partial charge on any atom is -0.446 e. The zero-order valence-electron chi connectivity index (χ0n) is 18.4. The number of aromatic nitrogens is 2. The fourth-order valence-electron chi connectivity index (χ4n) is 4.46. The third-order valence-electron chi connectivity index (χ3n) is 6.19. The second-order valence-corrected chi connectivity index (χ2v) is 8.48. The quantitative estimate of drug-likeness (QED) is 0.467. The SMILES string of the molecule is [C-]#[N+]c1c(Nc2ccc(C3CCNCC3)cc2)ncnc1Oc1ccc2c(c1F)C=C(C)C2. The highest BCUT2D eigenvalue weighted by molar-refractivity contribution is 5.75. The van der Waals surface area contributed by atoms with E-state index >= 15 is 0 Å². The van der Waals surface area contributed by atoms with E-state index in [9.17, 15) is 4.39 Å². The summed E-state index contributed by atoms with van der Waals surface area (Å²) >= 11 is 0. The lowest BCUT2D eigenvalue weighted by molar-refractivity contribution is 0.428. The molecule has 0 bridgehead atoms. The fraction of sp³-hybridized carbons (Fsp3) is 0.269. The number of anilines is 2. The number of halogens is 1. The summed E-state index contributed by atoms with van der Waals surface area (Å²) in [6.45, 7) is 11.7. The zero-order valence-corrected chi connectivity index (χ0v) is 18.4. The van der Waals surface area contributed by atoms with Gasteiger partial charge >= 0.3 is 0 Å². The number of hydrogen-bond donors (Lipinski definition) is 2. The van der Waals surface area contributed by atoms with Crippen molar-refractivity contribution >= 4 is 23.3 Å². The Morgan fingerprint density at radius 3 is 2.67 bits per heavy atom. The molecule has 7 heteroatoms. The van der Waals surface area contributed by atoms with Crippen molar-refractivity contribution in [1.29, 1.82) is 0 Å². The van der Waals surface area contributed by atoms with E-state index in [0.29, 0.717) is 17.3 Å². The highest BCUT2D eigenvalue weighted by atomic mass is 19.1. The van der Waals surface area contributed by atoms with E-state index in [2.05, 4.69) is 37.6 Å². The Morgan fingerprint density at radius 2 is 1.91 bits per heavy atom. The topological polar surface area (TPSA) is 63.4 Å². The third kappa shape index (κ3) is 4.30. The van der Waals surface area contributed by atoms with Crippen molar-refractivity contribution in [2.24, 2.45) is 0 Å². The molecule has 2 aliphatic rings. The van der Waals surface area contributed by atoms with E-state index in [1.54, 1.807) is 6.07 Å². The number of nitrogens with zero attached hydrogens (tertiary/aromatic N) is 3. The molecule has 0 saturated carbocycles. The lowest BCUT2D eigenvalue weighted by Gasteiger charge is -2.23. The van der Waals surface area contributed by atoms with Crippen LogP contribution in [-0.2, 0) is 6.42 Å². The van der Waals surface area contributed by atoms with Gasteiger partial charge in [0, 0.05) is 11.3 Å². The summed E-state index contributed by atoms with van der Waals surface area (Å²) in [6.07, 6.45) is 6.14. The Labute approximate surface area is 192 Å². The number of piperidine rings is 1. The average Bonchev–Trinajstić information content (AvgIpc) is 3.23. The average molecular weight is 442 g/mol. The Bertz CT molecular complexity index is 1260. The van der Waals surface area contributed by atoms with Crippen molar-refractivity contribution in [3.63, 3.8) is 0 Å². The Morgan fingerprint density at radius 1 is 1.12 bits per heavy atom. The fourth-order valence-corrected chi connectivity index (χ4v) is 4.46. The van der Waals surface area contributed by atoms with Gasteiger partial charge in [0.25, 0.3) is 5.69 Å². The van der Waals surface area contributed by atoms with Crippen LogP contribution < -0.4 is 15.4 Å². The second-order valence-electron chi connectivity index (χ2n) is 8.48. The number of allylic oxidation sites excluding steroid dienone is 1. The van der Waals surface area contributed by atoms with Crippen LogP contribution in [0.15, 0.2) is 48.3 Å². The number of nitrogens with one attached hydrogen (secondary N) is 2. The predicted molar refractivity (Wildman–Crippen MR) is 127 cm³/mol. The molecule has 166 valence electrons. The van der Waals surface area contributed by atoms with E-state index in [-0.39, 0.29) is 17.3 Å². The summed E-state index contributed by atoms with van der Waals surface area (Å²) in [6, 6.07) is 11.6. The van der Waals surface area contributed by atoms with Gasteiger partial charge in [0.15, 0.2) is 11.6 Å². The van der Waals surface area contributed by atoms with Crippen LogP contribution in [0, 0.1) is 12.4 Å². The normalized spacial score (nSPS) is 15.5. The molecule has 5 rings (SSSR count). The van der Waals surface area contributed by atoms with Gasteiger partial charge in [-0.2, -0.15) is 0 Å². The highest BCUT2D eigenvalue weighted by Crippen LogP contribution is 2.39. The van der Waals surface area contributed by atoms with Gasteiger partial charge in [-0.05, 0) is 74.5 Å². The molecule has 2 N–H and O–H groups in total. The van der Waals surface area contributed by atoms with Crippen molar-refractivity contribution in [1.82, 2.24) is 15.3 Å². The summed E-state index contributed by atoms with van der Waals surface area (Å²) in [5.41, 5.74) is 4.80. The first kappa shape index (κ1) is 21.1. The van der Waals surface area contributed by atoms with Crippen molar-refractivity contribution in [2.75, 3.05) is 18.4 Å². The van der Waals surface area contributed by atoms with E-state index in [1.165, 1.54) is 11.9 Å². The number of benzene rings is 2. The monoisotopic (exact) mass is 441 g/mol. The van der Waals surface area contributed by atoms with Gasteiger partial charge in [0.1, 0.15) is 12.1 Å². The minimum absolute atomic E-state index is 0.0198. The maximum absolute atomic E-state index is 15.0. The number of rotatable bonds is 5. The Hall–Kier alpha value is -3.76. The van der Waals surface area contributed by atoms with Gasteiger partial charge in [-0.25, -0.2) is 19.2 Å². The van der Waals surface area contributed by atoms with Crippen molar-refractivity contribution < 1.29 is 9.13 Å². The van der Waals surface area contributed by atoms with Gasteiger partial charge in [-0.15, -0.1) is 0 Å². The number of ether oxygens (including phenoxy) is 1. The zero-order chi connectivity index (χ0) is 22.8. The molecule has 1 fully saturated rings. The van der Waals surface area contributed by atoms with Crippen LogP contribution in [0.2, 0.25) is 0 Å². The summed E-state index contributed by atoms with van der Waals surface area (Å²) in [4.78, 5) is 11.9. The van der Waals surface area contributed by atoms with Crippen LogP contribution in [0.3, 0.4) is 0 Å². The molecule has 6 nitrogen and oxygen atoms in total. The molecule has 33 heavy (non-hydrogen) atoms. The molecule has 0 amide bonds. The second kappa shape index (κ2) is 9.00. The van der Waals surface area contributed by atoms with E-state index in [0.717, 1.165) is 49.2 Å². The molecular formula is C26H24FN5O. The van der Waals surface area contributed by atoms with Gasteiger partial charge < -0.3 is 15.4 Å². The molecule has 0 spiro atoms. The lowest BCUT2D eigenvalue weighted by Crippen LogP contribution is -2.26. The number of hydrogen-bond acceptors (Lipinski definition) is 5. The standard InChI is InChI=1S/C26H24FN5O/c1-16-13-19-5-8-22(23(27)21(19)14-16)33-26-24(28-2)25(30-15-31-26)32-20-6-3-17(4-7-20)18-9-11-29-12-10-18/h3-8,14-15,18,29H,9-13H2,1H3,(H,30,31,32). The molecule has 1 aliphatic carbocycles. The Kier molecular flexibility index (Phi) is 5.76. The first-order valence-corrected chi connectivity index (χ1v) is 11.1. The summed E-state index contributed by atoms with van der Waals surface area (Å²) < 4.78 is 20.8. The van der Waals surface area contributed by atoms with Gasteiger partial charge in [-0.1, -0.05) is 29.8 Å². The van der Waals surface area contributed by atoms with Crippen LogP contribution in [0.1, 0.15) is 42.4 Å². The minimum atomic E-state index is -0.443. The van der Waals surface area contributed by atoms with Crippen LogP contribution in [0.25, 0.3) is 10.9 Å². The molecule has 1 aliphatic heterocycles. The van der Waals surface area contributed by atoms with E-state index in [4.69, 9.17) is 11.3 Å². The highest BCUT2D eigenvalue weighted by Gasteiger charge is 2.21. The van der Waals surface area contributed by atoms with E-state index in [1.807, 2.05) is 31.2 Å². The van der Waals surface area contributed by atoms with Crippen LogP contribution in [0.4, 0.5) is 21.6 Å². The summed E-state index contributed by atoms with van der Waals surface area (Å²) in [5, 5.41) is 6.57. The van der Waals surface area contributed by atoms with E-state index < -0.39 is 5.82 Å². The van der Waals surface area contributed by atoms with Gasteiger partial charge in [0.2, 0.25) is 5.88 Å². The molecular weight excluding hydrogens is 417 g/mol. The predicted octanol–water partition coefficient (Wildman–Crippen LogP) is 6.13. The van der Waals surface area contributed by atoms with Gasteiger partial charge in [-0.3, -0.25) is 0 Å². The smallest absolute Gasteiger partial charge is 0.288 e. The maximum Gasteiger partial charge on any atom is 0.288 e. The van der Waals surface area contributed by atoms with Crippen LogP contribution in [0.5, 0.6) is 11.6 Å². The first-order chi connectivity index (χ1) is 16.1. The molecule has 1 saturated heterocycles. The van der Waals surface area contributed by atoms with Crippen LogP contribution in [-0.4, -0.2) is 23.1 Å². The summed E-state index contributed by atoms with van der Waals surface area (Å²) in [5.74, 6) is 0.509. The van der Waals surface area contributed by atoms with Crippen molar-refractivity contribution in [3.8, 4) is 11.6 Å². The van der Waals surface area contributed by atoms with Crippen molar-refractivity contribution in [3.05, 3.63) is 82.2 Å². The third-order valence-corrected chi connectivity index (χ3v) is 6.19. The van der Waals surface area contributed by atoms with Crippen LogP contribution >= 0.6 is 0 Å². The first-order valence-electron chi connectivity index (χ1n) is 11.1. The van der Waals surface area contributed by atoms with Crippen molar-refractivity contribution in [2.45, 2.75) is 32.1 Å². The molecule has 0 atom stereocenters. The molecule has 0 radical (unpaired) electrons. The maximum atomic E-state index is 15.0. The Balaban J connectivity index is 1.38. The molecule has 3 aromatic rings. The number of fused-ring (bicyclic) bond motifs is 1. The molecule has 0 unspecified atom stereocenters. The largest absolute Gasteiger partial charge is 0.446 e. The van der Waals surface area contributed by atoms with Gasteiger partial charge in [0.05, 0.1) is 6.57 Å². The molecule has 2 heterocycles. The summed E-state index contributed by atoms with van der Waals surface area (Å²) in [7, 11) is 0. The molecule has 1 aromatic heterocycles. The lowest BCUT2D eigenvalue weighted by atomic mass is 9.90. The molecule has 2 aromatic carbocycles.